The molecular formula is C15H18N8. The van der Waals surface area contributed by atoms with Crippen LogP contribution in [0, 0.1) is 6.92 Å². The molecule has 8 nitrogen and oxygen atoms in total. The van der Waals surface area contributed by atoms with E-state index in [4.69, 9.17) is 0 Å². The molecule has 0 aliphatic carbocycles. The maximum Gasteiger partial charge on any atom is 0.200 e. The fourth-order valence-corrected chi connectivity index (χ4v) is 2.99. The molecule has 8 heteroatoms. The standard InChI is InChI=1S/C15H18N8/c1-11-9-13(15-20-17-10-23(15)21-11)18-12-4-7-22(8-5-12)14-3-2-6-16-19-14/h2-3,6,9-10,12,18H,4-5,7-8H2,1H3. The lowest BCUT2D eigenvalue weighted by Gasteiger charge is -2.33. The van der Waals surface area contributed by atoms with Crippen LogP contribution in [0.15, 0.2) is 30.7 Å². The first-order chi connectivity index (χ1) is 11.3. The highest BCUT2D eigenvalue weighted by molar-refractivity contribution is 5.67. The molecule has 0 radical (unpaired) electrons. The van der Waals surface area contributed by atoms with Gasteiger partial charge in [0.25, 0.3) is 0 Å². The molecule has 0 unspecified atom stereocenters. The second-order valence-electron chi connectivity index (χ2n) is 5.79. The van der Waals surface area contributed by atoms with Crippen molar-refractivity contribution in [1.29, 1.82) is 0 Å². The van der Waals surface area contributed by atoms with Crippen LogP contribution in [0.3, 0.4) is 0 Å². The van der Waals surface area contributed by atoms with Crippen molar-refractivity contribution in [2.75, 3.05) is 23.3 Å². The molecule has 4 rings (SSSR count). The van der Waals surface area contributed by atoms with E-state index in [1.165, 1.54) is 0 Å². The first-order valence-electron chi connectivity index (χ1n) is 7.76. The molecule has 0 aromatic carbocycles. The van der Waals surface area contributed by atoms with E-state index in [1.54, 1.807) is 17.0 Å². The summed E-state index contributed by atoms with van der Waals surface area (Å²) in [6.07, 6.45) is 5.41. The highest BCUT2D eigenvalue weighted by Crippen LogP contribution is 2.22. The summed E-state index contributed by atoms with van der Waals surface area (Å²) in [5.74, 6) is 0.950. The highest BCUT2D eigenvalue weighted by Gasteiger charge is 2.21. The molecule has 0 spiro atoms. The Morgan fingerprint density at radius 2 is 2.04 bits per heavy atom. The number of anilines is 2. The average Bonchev–Trinajstić information content (AvgIpc) is 3.05. The van der Waals surface area contributed by atoms with E-state index < -0.39 is 0 Å². The summed E-state index contributed by atoms with van der Waals surface area (Å²) >= 11 is 0. The van der Waals surface area contributed by atoms with Crippen molar-refractivity contribution in [2.24, 2.45) is 0 Å². The van der Waals surface area contributed by atoms with Crippen LogP contribution >= 0.6 is 0 Å². The van der Waals surface area contributed by atoms with E-state index in [1.807, 2.05) is 25.1 Å². The van der Waals surface area contributed by atoms with Crippen LogP contribution in [-0.4, -0.2) is 49.1 Å². The minimum absolute atomic E-state index is 0.408. The van der Waals surface area contributed by atoms with Crippen LogP contribution < -0.4 is 10.2 Å². The van der Waals surface area contributed by atoms with Crippen LogP contribution in [0.2, 0.25) is 0 Å². The Hall–Kier alpha value is -2.77. The Bertz CT molecular complexity index is 792. The zero-order valence-corrected chi connectivity index (χ0v) is 12.9. The normalized spacial score (nSPS) is 16.0. The summed E-state index contributed by atoms with van der Waals surface area (Å²) in [5.41, 5.74) is 2.71. The van der Waals surface area contributed by atoms with Gasteiger partial charge in [0.15, 0.2) is 5.82 Å². The van der Waals surface area contributed by atoms with Gasteiger partial charge in [-0.15, -0.1) is 15.3 Å². The van der Waals surface area contributed by atoms with Gasteiger partial charge in [0, 0.05) is 25.3 Å². The number of piperidine rings is 1. The predicted octanol–water partition coefficient (Wildman–Crippen LogP) is 1.30. The Morgan fingerprint density at radius 1 is 1.17 bits per heavy atom. The monoisotopic (exact) mass is 310 g/mol. The Morgan fingerprint density at radius 3 is 2.83 bits per heavy atom. The molecular weight excluding hydrogens is 292 g/mol. The van der Waals surface area contributed by atoms with Gasteiger partial charge in [-0.25, -0.2) is 0 Å². The number of hydrogen-bond acceptors (Lipinski definition) is 7. The summed E-state index contributed by atoms with van der Waals surface area (Å²) in [4.78, 5) is 2.27. The molecule has 0 atom stereocenters. The van der Waals surface area contributed by atoms with E-state index in [0.717, 1.165) is 48.8 Å². The molecule has 4 heterocycles. The Kier molecular flexibility index (Phi) is 3.49. The molecule has 0 saturated carbocycles. The summed E-state index contributed by atoms with van der Waals surface area (Å²) in [6, 6.07) is 6.37. The number of nitrogens with zero attached hydrogens (tertiary/aromatic N) is 7. The molecule has 1 aliphatic rings. The molecule has 118 valence electrons. The third-order valence-corrected chi connectivity index (χ3v) is 4.13. The van der Waals surface area contributed by atoms with Crippen LogP contribution in [0.4, 0.5) is 11.5 Å². The van der Waals surface area contributed by atoms with E-state index in [0.29, 0.717) is 6.04 Å². The number of nitrogens with one attached hydrogen (secondary N) is 1. The number of rotatable bonds is 3. The fourth-order valence-electron chi connectivity index (χ4n) is 2.99. The smallest absolute Gasteiger partial charge is 0.200 e. The molecule has 3 aromatic heterocycles. The fraction of sp³-hybridized carbons (Fsp3) is 0.400. The van der Waals surface area contributed by atoms with E-state index in [-0.39, 0.29) is 0 Å². The van der Waals surface area contributed by atoms with Gasteiger partial charge in [-0.2, -0.15) is 14.7 Å². The Labute approximate surface area is 133 Å². The third-order valence-electron chi connectivity index (χ3n) is 4.13. The van der Waals surface area contributed by atoms with Gasteiger partial charge in [0.2, 0.25) is 5.65 Å². The lowest BCUT2D eigenvalue weighted by molar-refractivity contribution is 0.522. The maximum atomic E-state index is 4.37. The van der Waals surface area contributed by atoms with Crippen LogP contribution in [-0.2, 0) is 0 Å². The number of aromatic nitrogens is 6. The molecule has 1 saturated heterocycles. The highest BCUT2D eigenvalue weighted by atomic mass is 15.3. The van der Waals surface area contributed by atoms with Crippen molar-refractivity contribution in [3.8, 4) is 0 Å². The molecule has 3 aromatic rings. The molecule has 1 fully saturated rings. The van der Waals surface area contributed by atoms with Gasteiger partial charge in [-0.05, 0) is 38.0 Å². The topological polar surface area (TPSA) is 84.1 Å². The molecule has 23 heavy (non-hydrogen) atoms. The van der Waals surface area contributed by atoms with E-state index in [2.05, 4.69) is 35.7 Å². The minimum Gasteiger partial charge on any atom is -0.379 e. The largest absolute Gasteiger partial charge is 0.379 e. The summed E-state index contributed by atoms with van der Waals surface area (Å²) < 4.78 is 1.71. The average molecular weight is 310 g/mol. The van der Waals surface area contributed by atoms with Crippen LogP contribution in [0.25, 0.3) is 5.65 Å². The van der Waals surface area contributed by atoms with Gasteiger partial charge < -0.3 is 10.2 Å². The maximum absolute atomic E-state index is 4.37. The van der Waals surface area contributed by atoms with E-state index >= 15 is 0 Å². The van der Waals surface area contributed by atoms with Gasteiger partial charge in [0.1, 0.15) is 6.33 Å². The van der Waals surface area contributed by atoms with Gasteiger partial charge in [-0.3, -0.25) is 0 Å². The van der Waals surface area contributed by atoms with E-state index in [9.17, 15) is 0 Å². The number of hydrogen-bond donors (Lipinski definition) is 1. The summed E-state index contributed by atoms with van der Waals surface area (Å²) in [7, 11) is 0. The van der Waals surface area contributed by atoms with Crippen molar-refractivity contribution in [3.63, 3.8) is 0 Å². The van der Waals surface area contributed by atoms with Crippen LogP contribution in [0.1, 0.15) is 18.5 Å². The van der Waals surface area contributed by atoms with Crippen LogP contribution in [0.5, 0.6) is 0 Å². The molecule has 0 amide bonds. The zero-order valence-electron chi connectivity index (χ0n) is 12.9. The lowest BCUT2D eigenvalue weighted by atomic mass is 10.0. The molecule has 0 bridgehead atoms. The van der Waals surface area contributed by atoms with Gasteiger partial charge >= 0.3 is 0 Å². The van der Waals surface area contributed by atoms with Crippen molar-refractivity contribution in [3.05, 3.63) is 36.4 Å². The van der Waals surface area contributed by atoms with Crippen molar-refractivity contribution < 1.29 is 0 Å². The first-order valence-corrected chi connectivity index (χ1v) is 7.76. The zero-order chi connectivity index (χ0) is 15.6. The third kappa shape index (κ3) is 2.79. The summed E-state index contributed by atoms with van der Waals surface area (Å²) in [5, 5.41) is 24.2. The number of fused-ring (bicyclic) bond motifs is 1. The first kappa shape index (κ1) is 13.9. The quantitative estimate of drug-likeness (QED) is 0.780. The predicted molar refractivity (Wildman–Crippen MR) is 86.4 cm³/mol. The second kappa shape index (κ2) is 5.79. The van der Waals surface area contributed by atoms with Gasteiger partial charge in [-0.1, -0.05) is 0 Å². The van der Waals surface area contributed by atoms with Crippen molar-refractivity contribution in [1.82, 2.24) is 30.0 Å². The van der Waals surface area contributed by atoms with Crippen molar-refractivity contribution >= 4 is 17.2 Å². The minimum atomic E-state index is 0.408. The summed E-state index contributed by atoms with van der Waals surface area (Å²) in [6.45, 7) is 3.90. The lowest BCUT2D eigenvalue weighted by Crippen LogP contribution is -2.39. The molecule has 1 aliphatic heterocycles. The van der Waals surface area contributed by atoms with Gasteiger partial charge in [0.05, 0.1) is 11.4 Å². The molecule has 1 N–H and O–H groups in total. The Balaban J connectivity index is 1.46. The number of aryl methyl sites for hydroxylation is 1. The van der Waals surface area contributed by atoms with Crippen molar-refractivity contribution in [2.45, 2.75) is 25.8 Å². The SMILES string of the molecule is Cc1cc(NC2CCN(c3cccnn3)CC2)c2nncn2n1. The second-order valence-corrected chi connectivity index (χ2v) is 5.79.